The normalized spacial score (nSPS) is 10.5. The van der Waals surface area contributed by atoms with E-state index in [1.807, 2.05) is 30.3 Å². The number of ether oxygens (including phenoxy) is 1. The number of rotatable bonds is 10. The molecule has 0 bridgehead atoms. The summed E-state index contributed by atoms with van der Waals surface area (Å²) in [6.07, 6.45) is 6.81. The molecule has 2 aromatic rings. The van der Waals surface area contributed by atoms with E-state index in [4.69, 9.17) is 16.3 Å². The van der Waals surface area contributed by atoms with E-state index in [1.54, 1.807) is 0 Å². The summed E-state index contributed by atoms with van der Waals surface area (Å²) in [5.74, 6) is 1.15. The Kier molecular flexibility index (Phi) is 9.28. The Bertz CT molecular complexity index is 686. The number of amides is 1. The quantitative estimate of drug-likeness (QED) is 0.402. The molecule has 1 amide bonds. The molecule has 0 atom stereocenters. The van der Waals surface area contributed by atoms with E-state index in [2.05, 4.69) is 21.8 Å². The van der Waals surface area contributed by atoms with E-state index in [1.165, 1.54) is 50.1 Å². The largest absolute Gasteiger partial charge is 0.422 e. The highest BCUT2D eigenvalue weighted by molar-refractivity contribution is 7.97. The lowest BCUT2D eigenvalue weighted by molar-refractivity contribution is 0.207. The van der Waals surface area contributed by atoms with Crippen molar-refractivity contribution in [3.8, 4) is 17.0 Å². The molecule has 0 saturated carbocycles. The third-order valence-electron chi connectivity index (χ3n) is 3.73. The van der Waals surface area contributed by atoms with E-state index in [0.717, 1.165) is 17.7 Å². The fourth-order valence-corrected chi connectivity index (χ4v) is 3.16. The summed E-state index contributed by atoms with van der Waals surface area (Å²) >= 11 is 7.25. The molecule has 0 aliphatic rings. The predicted molar refractivity (Wildman–Crippen MR) is 107 cm³/mol. The van der Waals surface area contributed by atoms with Crippen molar-refractivity contribution >= 4 is 29.6 Å². The van der Waals surface area contributed by atoms with Gasteiger partial charge in [0.2, 0.25) is 0 Å². The van der Waals surface area contributed by atoms with Crippen LogP contribution in [0.5, 0.6) is 5.75 Å². The lowest BCUT2D eigenvalue weighted by atomic mass is 10.1. The molecule has 140 valence electrons. The van der Waals surface area contributed by atoms with Crippen molar-refractivity contribution in [1.29, 1.82) is 0 Å². The molecule has 1 aromatic heterocycles. The van der Waals surface area contributed by atoms with Gasteiger partial charge in [-0.3, -0.25) is 4.72 Å². The number of hydrogen-bond donors (Lipinski definition) is 1. The third kappa shape index (κ3) is 7.22. The van der Waals surface area contributed by atoms with Gasteiger partial charge < -0.3 is 4.74 Å². The van der Waals surface area contributed by atoms with Crippen molar-refractivity contribution in [3.63, 3.8) is 0 Å². The summed E-state index contributed by atoms with van der Waals surface area (Å²) in [7, 11) is 0. The van der Waals surface area contributed by atoms with E-state index in [-0.39, 0.29) is 10.9 Å². The SMILES string of the molecule is CCCCCCCCSNC(=O)Oc1cc(Cl)nnc1-c1ccccc1. The lowest BCUT2D eigenvalue weighted by Crippen LogP contribution is -2.21. The van der Waals surface area contributed by atoms with Crippen molar-refractivity contribution in [1.82, 2.24) is 14.9 Å². The minimum absolute atomic E-state index is 0.173. The fourth-order valence-electron chi connectivity index (χ4n) is 2.41. The standard InChI is InChI=1S/C19H24ClN3O2S/c1-2-3-4-5-6-10-13-26-23-19(24)25-16-14-17(20)21-22-18(16)15-11-8-7-9-12-15/h7-9,11-12,14H,2-6,10,13H2,1H3,(H,23,24). The molecule has 0 radical (unpaired) electrons. The van der Waals surface area contributed by atoms with Crippen LogP contribution in [0, 0.1) is 0 Å². The van der Waals surface area contributed by atoms with Crippen LogP contribution in [-0.2, 0) is 0 Å². The van der Waals surface area contributed by atoms with Crippen molar-refractivity contribution in [3.05, 3.63) is 41.6 Å². The average Bonchev–Trinajstić information content (AvgIpc) is 2.65. The third-order valence-corrected chi connectivity index (χ3v) is 4.72. The Morgan fingerprint density at radius 2 is 1.85 bits per heavy atom. The van der Waals surface area contributed by atoms with Gasteiger partial charge in [0.1, 0.15) is 5.69 Å². The monoisotopic (exact) mass is 393 g/mol. The van der Waals surface area contributed by atoms with E-state index in [9.17, 15) is 4.79 Å². The first-order chi connectivity index (χ1) is 12.7. The number of halogens is 1. The fraction of sp³-hybridized carbons (Fsp3) is 0.421. The molecule has 0 unspecified atom stereocenters. The van der Waals surface area contributed by atoms with Gasteiger partial charge in [0, 0.05) is 17.4 Å². The average molecular weight is 394 g/mol. The van der Waals surface area contributed by atoms with Gasteiger partial charge in [0.25, 0.3) is 0 Å². The Balaban J connectivity index is 1.81. The van der Waals surface area contributed by atoms with Gasteiger partial charge in [-0.05, 0) is 18.4 Å². The number of benzene rings is 1. The molecule has 26 heavy (non-hydrogen) atoms. The second-order valence-corrected chi connectivity index (χ2v) is 7.14. The molecule has 1 N–H and O–H groups in total. The predicted octanol–water partition coefficient (Wildman–Crippen LogP) is 5.89. The zero-order chi connectivity index (χ0) is 18.6. The second kappa shape index (κ2) is 11.8. The summed E-state index contributed by atoms with van der Waals surface area (Å²) in [5, 5.41) is 8.07. The molecule has 1 aromatic carbocycles. The highest BCUT2D eigenvalue weighted by atomic mass is 35.5. The zero-order valence-electron chi connectivity index (χ0n) is 14.9. The Labute approximate surface area is 164 Å². The number of aromatic nitrogens is 2. The molecule has 0 saturated heterocycles. The van der Waals surface area contributed by atoms with Crippen LogP contribution >= 0.6 is 23.5 Å². The van der Waals surface area contributed by atoms with Gasteiger partial charge in [-0.25, -0.2) is 4.79 Å². The number of nitrogens with zero attached hydrogens (tertiary/aromatic N) is 2. The topological polar surface area (TPSA) is 64.1 Å². The van der Waals surface area contributed by atoms with Gasteiger partial charge in [0.15, 0.2) is 10.9 Å². The number of carbonyl (C=O) groups is 1. The van der Waals surface area contributed by atoms with Crippen molar-refractivity contribution in [2.75, 3.05) is 5.75 Å². The minimum atomic E-state index is -0.540. The maximum atomic E-state index is 12.0. The van der Waals surface area contributed by atoms with Gasteiger partial charge >= 0.3 is 6.09 Å². The molecule has 5 nitrogen and oxygen atoms in total. The molecule has 0 spiro atoms. The molecule has 2 rings (SSSR count). The van der Waals surface area contributed by atoms with Gasteiger partial charge in [0.05, 0.1) is 0 Å². The van der Waals surface area contributed by atoms with Crippen LogP contribution in [0.4, 0.5) is 4.79 Å². The Morgan fingerprint density at radius 1 is 1.12 bits per heavy atom. The minimum Gasteiger partial charge on any atom is -0.407 e. The molecule has 0 aliphatic carbocycles. The van der Waals surface area contributed by atoms with Crippen LogP contribution < -0.4 is 9.46 Å². The van der Waals surface area contributed by atoms with Crippen molar-refractivity contribution in [2.24, 2.45) is 0 Å². The van der Waals surface area contributed by atoms with Crippen LogP contribution in [0.15, 0.2) is 36.4 Å². The summed E-state index contributed by atoms with van der Waals surface area (Å²) in [6, 6.07) is 10.9. The summed E-state index contributed by atoms with van der Waals surface area (Å²) in [6.45, 7) is 2.21. The molecule has 7 heteroatoms. The summed E-state index contributed by atoms with van der Waals surface area (Å²) < 4.78 is 8.08. The number of unbranched alkanes of at least 4 members (excludes halogenated alkanes) is 5. The van der Waals surface area contributed by atoms with Crippen LogP contribution in [0.1, 0.15) is 45.4 Å². The molecular weight excluding hydrogens is 370 g/mol. The first kappa shape index (κ1) is 20.5. The smallest absolute Gasteiger partial charge is 0.407 e. The van der Waals surface area contributed by atoms with Gasteiger partial charge in [-0.1, -0.05) is 81.0 Å². The summed E-state index contributed by atoms with van der Waals surface area (Å²) in [4.78, 5) is 12.0. The molecule has 0 fully saturated rings. The zero-order valence-corrected chi connectivity index (χ0v) is 16.5. The van der Waals surface area contributed by atoms with Crippen LogP contribution in [0.3, 0.4) is 0 Å². The Hall–Kier alpha value is -1.79. The maximum absolute atomic E-state index is 12.0. The molecule has 1 heterocycles. The van der Waals surface area contributed by atoms with Crippen molar-refractivity contribution in [2.45, 2.75) is 45.4 Å². The summed E-state index contributed by atoms with van der Waals surface area (Å²) in [5.41, 5.74) is 1.28. The van der Waals surface area contributed by atoms with Gasteiger partial charge in [-0.15, -0.1) is 10.2 Å². The highest BCUT2D eigenvalue weighted by Gasteiger charge is 2.14. The van der Waals surface area contributed by atoms with Crippen LogP contribution in [0.25, 0.3) is 11.3 Å². The molecule has 0 aliphatic heterocycles. The van der Waals surface area contributed by atoms with Crippen molar-refractivity contribution < 1.29 is 9.53 Å². The molecular formula is C19H24ClN3O2S. The number of nitrogens with one attached hydrogen (secondary N) is 1. The lowest BCUT2D eigenvalue weighted by Gasteiger charge is -2.09. The second-order valence-electron chi connectivity index (χ2n) is 5.85. The first-order valence-corrected chi connectivity index (χ1v) is 10.3. The van der Waals surface area contributed by atoms with E-state index < -0.39 is 6.09 Å². The van der Waals surface area contributed by atoms with Crippen LogP contribution in [0.2, 0.25) is 5.15 Å². The van der Waals surface area contributed by atoms with E-state index >= 15 is 0 Å². The van der Waals surface area contributed by atoms with E-state index in [0.29, 0.717) is 5.69 Å². The van der Waals surface area contributed by atoms with Crippen LogP contribution in [-0.4, -0.2) is 22.0 Å². The first-order valence-electron chi connectivity index (χ1n) is 8.89. The Morgan fingerprint density at radius 3 is 2.62 bits per heavy atom. The number of hydrogen-bond acceptors (Lipinski definition) is 5. The number of carbonyl (C=O) groups excluding carboxylic acids is 1. The van der Waals surface area contributed by atoms with Gasteiger partial charge in [-0.2, -0.15) is 0 Å². The highest BCUT2D eigenvalue weighted by Crippen LogP contribution is 2.29. The maximum Gasteiger partial charge on any atom is 0.422 e.